The van der Waals surface area contributed by atoms with Crippen LogP contribution >= 0.6 is 0 Å². The van der Waals surface area contributed by atoms with Gasteiger partial charge in [-0.3, -0.25) is 4.98 Å². The number of nitrogens with zero attached hydrogens (tertiary/aromatic N) is 2. The molecule has 0 bridgehead atoms. The lowest BCUT2D eigenvalue weighted by Gasteiger charge is -2.29. The first-order valence-corrected chi connectivity index (χ1v) is 11.9. The SMILES string of the molecule is Cc1ccc(C)c(C[C@H](N[S+]([O-])C(C)(C)C)c2ccccc2-c2noc3ccccc23)n1. The normalized spacial score (nSPS) is 13.9. The van der Waals surface area contributed by atoms with Gasteiger partial charge in [-0.15, -0.1) is 4.72 Å². The van der Waals surface area contributed by atoms with Gasteiger partial charge in [0.25, 0.3) is 0 Å². The highest BCUT2D eigenvalue weighted by Gasteiger charge is 2.32. The number of fused-ring (bicyclic) bond motifs is 1. The van der Waals surface area contributed by atoms with E-state index in [1.165, 1.54) is 0 Å². The van der Waals surface area contributed by atoms with Gasteiger partial charge in [-0.25, -0.2) is 0 Å². The number of hydrogen-bond acceptors (Lipinski definition) is 5. The van der Waals surface area contributed by atoms with E-state index in [4.69, 9.17) is 9.51 Å². The summed E-state index contributed by atoms with van der Waals surface area (Å²) in [7, 11) is 0. The van der Waals surface area contributed by atoms with Crippen LogP contribution in [0, 0.1) is 13.8 Å². The van der Waals surface area contributed by atoms with E-state index in [1.54, 1.807) is 0 Å². The Kier molecular flexibility index (Phi) is 6.38. The Bertz CT molecular complexity index is 1230. The maximum atomic E-state index is 13.1. The van der Waals surface area contributed by atoms with Crippen molar-refractivity contribution >= 4 is 22.3 Å². The van der Waals surface area contributed by atoms with Crippen LogP contribution in [0.5, 0.6) is 0 Å². The topological polar surface area (TPSA) is 74.0 Å². The highest BCUT2D eigenvalue weighted by atomic mass is 32.2. The van der Waals surface area contributed by atoms with E-state index in [0.717, 1.165) is 44.7 Å². The van der Waals surface area contributed by atoms with Crippen LogP contribution in [0.2, 0.25) is 0 Å². The van der Waals surface area contributed by atoms with Crippen LogP contribution in [0.3, 0.4) is 0 Å². The fraction of sp³-hybridized carbons (Fsp3) is 0.308. The fourth-order valence-corrected chi connectivity index (χ4v) is 4.52. The second kappa shape index (κ2) is 9.06. The molecule has 0 fully saturated rings. The van der Waals surface area contributed by atoms with Gasteiger partial charge in [0.2, 0.25) is 0 Å². The first kappa shape index (κ1) is 22.5. The number of para-hydroxylation sites is 1. The molecular weight excluding hydrogens is 418 g/mol. The summed E-state index contributed by atoms with van der Waals surface area (Å²) < 4.78 is 21.7. The summed E-state index contributed by atoms with van der Waals surface area (Å²) in [6.07, 6.45) is 0.613. The van der Waals surface area contributed by atoms with Gasteiger partial charge < -0.3 is 9.08 Å². The highest BCUT2D eigenvalue weighted by molar-refractivity contribution is 7.90. The number of rotatable bonds is 6. The number of aryl methyl sites for hydroxylation is 2. The van der Waals surface area contributed by atoms with Crippen molar-refractivity contribution in [2.75, 3.05) is 0 Å². The molecule has 1 unspecified atom stereocenters. The van der Waals surface area contributed by atoms with Crippen LogP contribution in [-0.4, -0.2) is 19.4 Å². The Morgan fingerprint density at radius 2 is 1.72 bits per heavy atom. The Labute approximate surface area is 192 Å². The van der Waals surface area contributed by atoms with Crippen molar-refractivity contribution < 1.29 is 9.08 Å². The molecule has 0 aliphatic heterocycles. The summed E-state index contributed by atoms with van der Waals surface area (Å²) >= 11 is -1.26. The number of nitrogens with one attached hydrogen (secondary N) is 1. The largest absolute Gasteiger partial charge is 0.598 e. The Balaban J connectivity index is 1.82. The summed E-state index contributed by atoms with van der Waals surface area (Å²) in [5, 5.41) is 5.34. The molecule has 0 amide bonds. The number of aromatic nitrogens is 2. The predicted molar refractivity (Wildman–Crippen MR) is 131 cm³/mol. The van der Waals surface area contributed by atoms with Crippen molar-refractivity contribution in [3.8, 4) is 11.3 Å². The number of benzene rings is 2. The first-order valence-electron chi connectivity index (χ1n) is 10.8. The van der Waals surface area contributed by atoms with E-state index in [2.05, 4.69) is 28.9 Å². The van der Waals surface area contributed by atoms with E-state index in [0.29, 0.717) is 6.42 Å². The lowest BCUT2D eigenvalue weighted by atomic mass is 9.93. The molecule has 0 saturated heterocycles. The smallest absolute Gasteiger partial charge is 0.167 e. The van der Waals surface area contributed by atoms with Crippen LogP contribution in [0.4, 0.5) is 0 Å². The maximum Gasteiger partial charge on any atom is 0.167 e. The molecule has 32 heavy (non-hydrogen) atoms. The van der Waals surface area contributed by atoms with Crippen LogP contribution in [0.25, 0.3) is 22.2 Å². The molecule has 1 N–H and O–H groups in total. The van der Waals surface area contributed by atoms with Gasteiger partial charge >= 0.3 is 0 Å². The zero-order valence-corrected chi connectivity index (χ0v) is 20.0. The van der Waals surface area contributed by atoms with E-state index >= 15 is 0 Å². The molecule has 2 heterocycles. The maximum absolute atomic E-state index is 13.1. The monoisotopic (exact) mass is 447 g/mol. The molecule has 166 valence electrons. The minimum Gasteiger partial charge on any atom is -0.598 e. The van der Waals surface area contributed by atoms with Gasteiger partial charge in [-0.1, -0.05) is 47.6 Å². The van der Waals surface area contributed by atoms with E-state index < -0.39 is 16.1 Å². The molecule has 0 aliphatic carbocycles. The third-order valence-electron chi connectivity index (χ3n) is 5.51. The Hall–Kier alpha value is -2.67. The summed E-state index contributed by atoms with van der Waals surface area (Å²) in [6.45, 7) is 9.98. The van der Waals surface area contributed by atoms with E-state index in [-0.39, 0.29) is 6.04 Å². The van der Waals surface area contributed by atoms with Crippen molar-refractivity contribution in [2.24, 2.45) is 0 Å². The summed E-state index contributed by atoms with van der Waals surface area (Å²) in [4.78, 5) is 4.78. The number of pyridine rings is 1. The lowest BCUT2D eigenvalue weighted by molar-refractivity contribution is 0.459. The van der Waals surface area contributed by atoms with Crippen LogP contribution in [-0.2, 0) is 17.8 Å². The van der Waals surface area contributed by atoms with Crippen LogP contribution in [0.15, 0.2) is 65.2 Å². The summed E-state index contributed by atoms with van der Waals surface area (Å²) in [5.74, 6) is 0. The molecule has 0 spiro atoms. The van der Waals surface area contributed by atoms with Gasteiger partial charge in [0.05, 0.1) is 6.04 Å². The Morgan fingerprint density at radius 3 is 2.50 bits per heavy atom. The molecule has 4 aromatic rings. The van der Waals surface area contributed by atoms with Gasteiger partial charge in [-0.2, -0.15) is 0 Å². The highest BCUT2D eigenvalue weighted by Crippen LogP contribution is 2.35. The summed E-state index contributed by atoms with van der Waals surface area (Å²) in [5.41, 5.74) is 6.60. The van der Waals surface area contributed by atoms with Crippen LogP contribution in [0.1, 0.15) is 49.3 Å². The molecule has 2 atom stereocenters. The third-order valence-corrected chi connectivity index (χ3v) is 7.12. The third kappa shape index (κ3) is 4.72. The molecule has 0 aliphatic rings. The minimum absolute atomic E-state index is 0.213. The molecule has 4 rings (SSSR count). The molecule has 6 heteroatoms. The van der Waals surface area contributed by atoms with Crippen molar-refractivity contribution in [1.82, 2.24) is 14.9 Å². The van der Waals surface area contributed by atoms with Crippen molar-refractivity contribution in [3.05, 3.63) is 83.2 Å². The standard InChI is InChI=1S/C26H29N3O2S/c1-17-14-15-18(2)27-22(17)16-23(29-32(30)26(3,4)5)19-10-6-7-11-20(19)25-21-12-8-9-13-24(21)31-28-25/h6-15,23,29H,16H2,1-5H3/t23-,32?/m0/s1. The number of hydrogen-bond donors (Lipinski definition) is 1. The average Bonchev–Trinajstić information content (AvgIpc) is 3.19. The molecule has 0 radical (unpaired) electrons. The van der Waals surface area contributed by atoms with Crippen molar-refractivity contribution in [2.45, 2.75) is 51.8 Å². The zero-order valence-electron chi connectivity index (χ0n) is 19.2. The molecule has 5 nitrogen and oxygen atoms in total. The predicted octanol–water partition coefficient (Wildman–Crippen LogP) is 5.84. The van der Waals surface area contributed by atoms with Crippen LogP contribution < -0.4 is 4.72 Å². The molecule has 0 saturated carbocycles. The van der Waals surface area contributed by atoms with Gasteiger partial charge in [0.15, 0.2) is 5.58 Å². The van der Waals surface area contributed by atoms with Gasteiger partial charge in [0, 0.05) is 40.1 Å². The van der Waals surface area contributed by atoms with Gasteiger partial charge in [-0.05, 0) is 63.9 Å². The van der Waals surface area contributed by atoms with E-state index in [9.17, 15) is 4.55 Å². The summed E-state index contributed by atoms with van der Waals surface area (Å²) in [6, 6.07) is 19.9. The molecular formula is C26H29N3O2S. The zero-order chi connectivity index (χ0) is 22.9. The molecule has 2 aromatic heterocycles. The average molecular weight is 448 g/mol. The second-order valence-electron chi connectivity index (χ2n) is 9.09. The van der Waals surface area contributed by atoms with Crippen molar-refractivity contribution in [1.29, 1.82) is 0 Å². The Morgan fingerprint density at radius 1 is 1.00 bits per heavy atom. The van der Waals surface area contributed by atoms with Gasteiger partial charge in [0.1, 0.15) is 10.4 Å². The lowest BCUT2D eigenvalue weighted by Crippen LogP contribution is -2.42. The quantitative estimate of drug-likeness (QED) is 0.376. The fourth-order valence-electron chi connectivity index (χ4n) is 3.70. The first-order chi connectivity index (χ1) is 15.2. The van der Waals surface area contributed by atoms with E-state index in [1.807, 2.05) is 76.2 Å². The minimum atomic E-state index is -1.26. The van der Waals surface area contributed by atoms with Crippen molar-refractivity contribution in [3.63, 3.8) is 0 Å². The molecule has 2 aromatic carbocycles. The second-order valence-corrected chi connectivity index (χ2v) is 11.1.